The molecule has 0 saturated carbocycles. The Morgan fingerprint density at radius 1 is 1.30 bits per heavy atom. The Bertz CT molecular complexity index is 659. The van der Waals surface area contributed by atoms with Gasteiger partial charge in [-0.25, -0.2) is 0 Å². The molecule has 0 aromatic carbocycles. The van der Waals surface area contributed by atoms with Gasteiger partial charge in [-0.2, -0.15) is 0 Å². The average Bonchev–Trinajstić information content (AvgIpc) is 2.61. The van der Waals surface area contributed by atoms with Crippen LogP contribution in [0.3, 0.4) is 0 Å². The minimum absolute atomic E-state index is 0.221. The number of hydrogen-bond acceptors (Lipinski definition) is 4. The second-order valence-electron chi connectivity index (χ2n) is 6.13. The lowest BCUT2D eigenvalue weighted by Crippen LogP contribution is -2.39. The zero-order valence-electron chi connectivity index (χ0n) is 13.5. The van der Waals surface area contributed by atoms with E-state index in [4.69, 9.17) is 0 Å². The van der Waals surface area contributed by atoms with Crippen molar-refractivity contribution in [3.8, 4) is 0 Å². The zero-order chi connectivity index (χ0) is 16.1. The second-order valence-corrected chi connectivity index (χ2v) is 6.13. The van der Waals surface area contributed by atoms with Crippen LogP contribution in [0.2, 0.25) is 0 Å². The van der Waals surface area contributed by atoms with Gasteiger partial charge < -0.3 is 4.90 Å². The molecule has 5 heteroatoms. The van der Waals surface area contributed by atoms with E-state index in [1.807, 2.05) is 36.4 Å². The third kappa shape index (κ3) is 4.12. The molecule has 0 N–H and O–H groups in total. The maximum atomic E-state index is 12.5. The number of pyridine rings is 1. The fourth-order valence-electron chi connectivity index (χ4n) is 3.08. The summed E-state index contributed by atoms with van der Waals surface area (Å²) in [5, 5.41) is 0. The predicted molar refractivity (Wildman–Crippen MR) is 87.9 cm³/mol. The van der Waals surface area contributed by atoms with Gasteiger partial charge in [0.05, 0.1) is 11.4 Å². The highest BCUT2D eigenvalue weighted by Crippen LogP contribution is 2.25. The number of likely N-dealkylation sites (tertiary alicyclic amines) is 1. The number of aryl methyl sites for hydroxylation is 2. The maximum Gasteiger partial charge on any atom is 0.222 e. The van der Waals surface area contributed by atoms with Gasteiger partial charge in [-0.1, -0.05) is 6.07 Å². The first-order valence-electron chi connectivity index (χ1n) is 8.17. The summed E-state index contributed by atoms with van der Waals surface area (Å²) in [6, 6.07) is 3.93. The Morgan fingerprint density at radius 2 is 2.22 bits per heavy atom. The van der Waals surface area contributed by atoms with Crippen LogP contribution in [0.1, 0.15) is 42.1 Å². The van der Waals surface area contributed by atoms with Crippen LogP contribution in [0, 0.1) is 6.92 Å². The van der Waals surface area contributed by atoms with Crippen molar-refractivity contribution in [2.75, 3.05) is 13.1 Å². The lowest BCUT2D eigenvalue weighted by Gasteiger charge is -2.32. The molecule has 0 aliphatic carbocycles. The van der Waals surface area contributed by atoms with E-state index in [-0.39, 0.29) is 5.91 Å². The predicted octanol–water partition coefficient (Wildman–Crippen LogP) is 2.52. The standard InChI is InChI=1S/C18H22N4O/c1-14-10-20-12-17(21-14)16-5-3-9-22(13-16)18(23)7-6-15-4-2-8-19-11-15/h2,4,8,10-12,16H,3,5-7,9,13H2,1H3/t16-/m0/s1. The molecule has 0 spiro atoms. The topological polar surface area (TPSA) is 59.0 Å². The van der Waals surface area contributed by atoms with Gasteiger partial charge in [-0.3, -0.25) is 19.7 Å². The van der Waals surface area contributed by atoms with E-state index in [1.165, 1.54) is 0 Å². The van der Waals surface area contributed by atoms with Gasteiger partial charge >= 0.3 is 0 Å². The third-order valence-corrected chi connectivity index (χ3v) is 4.32. The summed E-state index contributed by atoms with van der Waals surface area (Å²) in [7, 11) is 0. The molecular weight excluding hydrogens is 288 g/mol. The largest absolute Gasteiger partial charge is 0.342 e. The van der Waals surface area contributed by atoms with Crippen LogP contribution >= 0.6 is 0 Å². The number of nitrogens with zero attached hydrogens (tertiary/aromatic N) is 4. The highest BCUT2D eigenvalue weighted by molar-refractivity contribution is 5.76. The van der Waals surface area contributed by atoms with Gasteiger partial charge in [0, 0.05) is 50.2 Å². The first-order chi connectivity index (χ1) is 11.2. The van der Waals surface area contributed by atoms with Gasteiger partial charge in [0.25, 0.3) is 0 Å². The number of carbonyl (C=O) groups is 1. The van der Waals surface area contributed by atoms with E-state index in [2.05, 4.69) is 15.0 Å². The first kappa shape index (κ1) is 15.6. The van der Waals surface area contributed by atoms with Crippen molar-refractivity contribution in [1.29, 1.82) is 0 Å². The molecule has 2 aromatic heterocycles. The Hall–Kier alpha value is -2.30. The molecule has 1 saturated heterocycles. The van der Waals surface area contributed by atoms with Crippen molar-refractivity contribution in [2.24, 2.45) is 0 Å². The summed E-state index contributed by atoms with van der Waals surface area (Å²) in [5.41, 5.74) is 3.05. The van der Waals surface area contributed by atoms with Crippen molar-refractivity contribution in [1.82, 2.24) is 19.9 Å². The Morgan fingerprint density at radius 3 is 3.00 bits per heavy atom. The number of carbonyl (C=O) groups excluding carboxylic acids is 1. The van der Waals surface area contributed by atoms with Crippen molar-refractivity contribution >= 4 is 5.91 Å². The molecule has 1 atom stereocenters. The maximum absolute atomic E-state index is 12.5. The molecule has 1 amide bonds. The van der Waals surface area contributed by atoms with Crippen LogP contribution in [-0.2, 0) is 11.2 Å². The first-order valence-corrected chi connectivity index (χ1v) is 8.17. The molecule has 0 unspecified atom stereocenters. The molecule has 0 radical (unpaired) electrons. The van der Waals surface area contributed by atoms with Gasteiger partial charge in [0.2, 0.25) is 5.91 Å². The monoisotopic (exact) mass is 310 g/mol. The summed E-state index contributed by atoms with van der Waals surface area (Å²) in [4.78, 5) is 27.4. The van der Waals surface area contributed by atoms with Gasteiger partial charge in [-0.15, -0.1) is 0 Å². The molecule has 1 aliphatic rings. The van der Waals surface area contributed by atoms with Crippen LogP contribution in [0.4, 0.5) is 0 Å². The molecule has 23 heavy (non-hydrogen) atoms. The fourth-order valence-corrected chi connectivity index (χ4v) is 3.08. The van der Waals surface area contributed by atoms with E-state index in [9.17, 15) is 4.79 Å². The Balaban J connectivity index is 1.58. The van der Waals surface area contributed by atoms with E-state index in [1.54, 1.807) is 12.4 Å². The second kappa shape index (κ2) is 7.31. The zero-order valence-corrected chi connectivity index (χ0v) is 13.5. The lowest BCUT2D eigenvalue weighted by molar-refractivity contribution is -0.132. The lowest BCUT2D eigenvalue weighted by atomic mass is 9.94. The number of hydrogen-bond donors (Lipinski definition) is 0. The summed E-state index contributed by atoms with van der Waals surface area (Å²) < 4.78 is 0. The van der Waals surface area contributed by atoms with Crippen LogP contribution < -0.4 is 0 Å². The van der Waals surface area contributed by atoms with Crippen molar-refractivity contribution in [3.63, 3.8) is 0 Å². The molecular formula is C18H22N4O. The van der Waals surface area contributed by atoms with E-state index >= 15 is 0 Å². The van der Waals surface area contributed by atoms with Gasteiger partial charge in [-0.05, 0) is 37.8 Å². The van der Waals surface area contributed by atoms with Gasteiger partial charge in [0.15, 0.2) is 0 Å². The molecule has 3 heterocycles. The van der Waals surface area contributed by atoms with E-state index in [0.29, 0.717) is 12.3 Å². The van der Waals surface area contributed by atoms with Crippen LogP contribution in [-0.4, -0.2) is 38.8 Å². The molecule has 120 valence electrons. The van der Waals surface area contributed by atoms with Crippen molar-refractivity contribution < 1.29 is 4.79 Å². The van der Waals surface area contributed by atoms with Crippen molar-refractivity contribution in [3.05, 3.63) is 53.9 Å². The molecule has 1 fully saturated rings. The minimum atomic E-state index is 0.221. The van der Waals surface area contributed by atoms with Crippen molar-refractivity contribution in [2.45, 2.75) is 38.5 Å². The molecule has 2 aromatic rings. The summed E-state index contributed by atoms with van der Waals surface area (Å²) >= 11 is 0. The summed E-state index contributed by atoms with van der Waals surface area (Å²) in [5.74, 6) is 0.526. The number of rotatable bonds is 4. The molecule has 3 rings (SSSR count). The van der Waals surface area contributed by atoms with Crippen LogP contribution in [0.5, 0.6) is 0 Å². The van der Waals surface area contributed by atoms with E-state index in [0.717, 1.165) is 49.3 Å². The molecule has 0 bridgehead atoms. The number of piperidine rings is 1. The van der Waals surface area contributed by atoms with Gasteiger partial charge in [0.1, 0.15) is 0 Å². The quantitative estimate of drug-likeness (QED) is 0.870. The average molecular weight is 310 g/mol. The molecule has 5 nitrogen and oxygen atoms in total. The number of amides is 1. The normalized spacial score (nSPS) is 18.0. The third-order valence-electron chi connectivity index (χ3n) is 4.32. The summed E-state index contributed by atoms with van der Waals surface area (Å²) in [6.07, 6.45) is 10.6. The van der Waals surface area contributed by atoms with E-state index < -0.39 is 0 Å². The SMILES string of the molecule is Cc1cncc([C@H]2CCCN(C(=O)CCc3cccnc3)C2)n1. The highest BCUT2D eigenvalue weighted by Gasteiger charge is 2.25. The number of aromatic nitrogens is 3. The van der Waals surface area contributed by atoms with Crippen LogP contribution in [0.25, 0.3) is 0 Å². The molecule has 1 aliphatic heterocycles. The summed E-state index contributed by atoms with van der Waals surface area (Å²) in [6.45, 7) is 3.56. The fraction of sp³-hybridized carbons (Fsp3) is 0.444. The Kier molecular flexibility index (Phi) is 4.95. The highest BCUT2D eigenvalue weighted by atomic mass is 16.2. The van der Waals surface area contributed by atoms with Crippen LogP contribution in [0.15, 0.2) is 36.9 Å². The minimum Gasteiger partial charge on any atom is -0.342 e. The smallest absolute Gasteiger partial charge is 0.222 e. The Labute approximate surface area is 136 Å².